The fourth-order valence-electron chi connectivity index (χ4n) is 2.50. The topological polar surface area (TPSA) is 84.5 Å². The molecule has 0 unspecified atom stereocenters. The van der Waals surface area contributed by atoms with Gasteiger partial charge in [0.15, 0.2) is 0 Å². The zero-order chi connectivity index (χ0) is 20.0. The van der Waals surface area contributed by atoms with Crippen LogP contribution in [0.3, 0.4) is 0 Å². The summed E-state index contributed by atoms with van der Waals surface area (Å²) in [6.07, 6.45) is 0. The van der Waals surface area contributed by atoms with E-state index in [1.54, 1.807) is 41.7 Å². The number of nitrogens with one attached hydrogen (secondary N) is 2. The van der Waals surface area contributed by atoms with E-state index in [1.165, 1.54) is 18.2 Å². The predicted octanol–water partition coefficient (Wildman–Crippen LogP) is 3.88. The lowest BCUT2D eigenvalue weighted by Crippen LogP contribution is -2.22. The molecule has 0 saturated heterocycles. The third-order valence-electron chi connectivity index (χ3n) is 3.83. The molecule has 0 fully saturated rings. The predicted molar refractivity (Wildman–Crippen MR) is 110 cm³/mol. The van der Waals surface area contributed by atoms with Gasteiger partial charge in [-0.05, 0) is 60.8 Å². The molecule has 3 rings (SSSR count). The van der Waals surface area contributed by atoms with Crippen molar-refractivity contribution in [3.8, 4) is 5.75 Å². The average molecular weight is 417 g/mol. The Kier molecular flexibility index (Phi) is 6.33. The van der Waals surface area contributed by atoms with Crippen LogP contribution in [0.15, 0.2) is 70.9 Å². The van der Waals surface area contributed by atoms with Crippen LogP contribution in [0.1, 0.15) is 22.2 Å². The second-order valence-electron chi connectivity index (χ2n) is 5.85. The zero-order valence-corrected chi connectivity index (χ0v) is 16.8. The fraction of sp³-hybridized carbons (Fsp3) is 0.150. The van der Waals surface area contributed by atoms with Gasteiger partial charge in [-0.25, -0.2) is 8.42 Å². The number of carbonyl (C=O) groups is 1. The molecule has 146 valence electrons. The maximum atomic E-state index is 12.6. The highest BCUT2D eigenvalue weighted by Crippen LogP contribution is 2.20. The van der Waals surface area contributed by atoms with Gasteiger partial charge >= 0.3 is 0 Å². The summed E-state index contributed by atoms with van der Waals surface area (Å²) in [6, 6.07) is 16.4. The van der Waals surface area contributed by atoms with Crippen molar-refractivity contribution in [2.24, 2.45) is 0 Å². The van der Waals surface area contributed by atoms with Gasteiger partial charge in [-0.1, -0.05) is 12.1 Å². The SMILES string of the molecule is CCOc1ccc(S(=O)(=O)Nc2cccc(C(=O)NCc3cccs3)c2)cc1. The molecule has 3 aromatic rings. The molecule has 0 spiro atoms. The Balaban J connectivity index is 1.69. The van der Waals surface area contributed by atoms with Crippen molar-refractivity contribution in [2.75, 3.05) is 11.3 Å². The third-order valence-corrected chi connectivity index (χ3v) is 6.10. The molecule has 0 atom stereocenters. The first kappa shape index (κ1) is 19.9. The van der Waals surface area contributed by atoms with Crippen LogP contribution in [0.5, 0.6) is 5.75 Å². The fourth-order valence-corrected chi connectivity index (χ4v) is 4.20. The van der Waals surface area contributed by atoms with Crippen molar-refractivity contribution >= 4 is 33.0 Å². The quantitative estimate of drug-likeness (QED) is 0.584. The molecule has 0 radical (unpaired) electrons. The standard InChI is InChI=1S/C20H20N2O4S2/c1-2-26-17-8-10-19(11-9-17)28(24,25)22-16-6-3-5-15(13-16)20(23)21-14-18-7-4-12-27-18/h3-13,22H,2,14H2,1H3,(H,21,23). The first-order valence-corrected chi connectivity index (χ1v) is 11.0. The van der Waals surface area contributed by atoms with Crippen LogP contribution in [0, 0.1) is 0 Å². The second-order valence-corrected chi connectivity index (χ2v) is 8.57. The number of hydrogen-bond donors (Lipinski definition) is 2. The monoisotopic (exact) mass is 416 g/mol. The Hall–Kier alpha value is -2.84. The second kappa shape index (κ2) is 8.90. The molecule has 2 N–H and O–H groups in total. The van der Waals surface area contributed by atoms with Crippen LogP contribution in [-0.4, -0.2) is 20.9 Å². The molecule has 0 aliphatic carbocycles. The van der Waals surface area contributed by atoms with Gasteiger partial charge in [-0.3, -0.25) is 9.52 Å². The summed E-state index contributed by atoms with van der Waals surface area (Å²) in [5.74, 6) is 0.335. The van der Waals surface area contributed by atoms with Gasteiger partial charge < -0.3 is 10.1 Å². The highest BCUT2D eigenvalue weighted by molar-refractivity contribution is 7.92. The molecule has 1 aromatic heterocycles. The van der Waals surface area contributed by atoms with E-state index >= 15 is 0 Å². The minimum Gasteiger partial charge on any atom is -0.494 e. The third kappa shape index (κ3) is 5.11. The van der Waals surface area contributed by atoms with E-state index < -0.39 is 10.0 Å². The molecule has 28 heavy (non-hydrogen) atoms. The summed E-state index contributed by atoms with van der Waals surface area (Å²) in [7, 11) is -3.77. The van der Waals surface area contributed by atoms with Crippen LogP contribution >= 0.6 is 11.3 Å². The minimum absolute atomic E-state index is 0.114. The molecular weight excluding hydrogens is 396 g/mol. The Morgan fingerprint density at radius 2 is 1.86 bits per heavy atom. The van der Waals surface area contributed by atoms with Gasteiger partial charge in [0, 0.05) is 16.1 Å². The molecule has 1 heterocycles. The lowest BCUT2D eigenvalue weighted by molar-refractivity contribution is 0.0951. The highest BCUT2D eigenvalue weighted by Gasteiger charge is 2.15. The highest BCUT2D eigenvalue weighted by atomic mass is 32.2. The Bertz CT molecular complexity index is 1030. The number of amides is 1. The van der Waals surface area contributed by atoms with Gasteiger partial charge in [-0.2, -0.15) is 0 Å². The number of benzene rings is 2. The number of anilines is 1. The smallest absolute Gasteiger partial charge is 0.261 e. The molecular formula is C20H20N2O4S2. The van der Waals surface area contributed by atoms with Crippen LogP contribution in [-0.2, 0) is 16.6 Å². The van der Waals surface area contributed by atoms with Gasteiger partial charge in [0.1, 0.15) is 5.75 Å². The molecule has 6 nitrogen and oxygen atoms in total. The molecule has 2 aromatic carbocycles. The Morgan fingerprint density at radius 3 is 2.54 bits per heavy atom. The summed E-state index contributed by atoms with van der Waals surface area (Å²) in [5, 5.41) is 4.76. The van der Waals surface area contributed by atoms with E-state index in [0.717, 1.165) is 4.88 Å². The van der Waals surface area contributed by atoms with Crippen molar-refractivity contribution in [3.63, 3.8) is 0 Å². The van der Waals surface area contributed by atoms with E-state index in [4.69, 9.17) is 4.74 Å². The number of sulfonamides is 1. The lowest BCUT2D eigenvalue weighted by atomic mass is 10.2. The lowest BCUT2D eigenvalue weighted by Gasteiger charge is -2.10. The number of thiophene rings is 1. The molecule has 8 heteroatoms. The molecule has 0 bridgehead atoms. The molecule has 1 amide bonds. The molecule has 0 saturated carbocycles. The molecule has 0 aliphatic heterocycles. The molecule has 0 aliphatic rings. The number of hydrogen-bond acceptors (Lipinski definition) is 5. The normalized spacial score (nSPS) is 11.0. The van der Waals surface area contributed by atoms with Gasteiger partial charge in [0.2, 0.25) is 0 Å². The summed E-state index contributed by atoms with van der Waals surface area (Å²) in [4.78, 5) is 13.5. The summed E-state index contributed by atoms with van der Waals surface area (Å²) < 4.78 is 33.0. The van der Waals surface area contributed by atoms with Crippen LogP contribution in [0.25, 0.3) is 0 Å². The van der Waals surface area contributed by atoms with Crippen molar-refractivity contribution in [1.82, 2.24) is 5.32 Å². The van der Waals surface area contributed by atoms with Gasteiger partial charge in [0.25, 0.3) is 15.9 Å². The van der Waals surface area contributed by atoms with E-state index in [0.29, 0.717) is 30.2 Å². The number of rotatable bonds is 8. The van der Waals surface area contributed by atoms with Crippen LogP contribution < -0.4 is 14.8 Å². The van der Waals surface area contributed by atoms with Crippen LogP contribution in [0.4, 0.5) is 5.69 Å². The van der Waals surface area contributed by atoms with Crippen molar-refractivity contribution in [3.05, 3.63) is 76.5 Å². The van der Waals surface area contributed by atoms with E-state index in [1.807, 2.05) is 24.4 Å². The minimum atomic E-state index is -3.77. The Labute approximate surface area is 168 Å². The maximum Gasteiger partial charge on any atom is 0.261 e. The summed E-state index contributed by atoms with van der Waals surface area (Å²) >= 11 is 1.56. The first-order valence-electron chi connectivity index (χ1n) is 8.64. The van der Waals surface area contributed by atoms with Crippen LogP contribution in [0.2, 0.25) is 0 Å². The van der Waals surface area contributed by atoms with Gasteiger partial charge in [-0.15, -0.1) is 11.3 Å². The number of ether oxygens (including phenoxy) is 1. The van der Waals surface area contributed by atoms with E-state index in [2.05, 4.69) is 10.0 Å². The largest absolute Gasteiger partial charge is 0.494 e. The zero-order valence-electron chi connectivity index (χ0n) is 15.2. The average Bonchev–Trinajstić information content (AvgIpc) is 3.20. The summed E-state index contributed by atoms with van der Waals surface area (Å²) in [6.45, 7) is 2.79. The van der Waals surface area contributed by atoms with Crippen molar-refractivity contribution in [1.29, 1.82) is 0 Å². The number of carbonyl (C=O) groups excluding carboxylic acids is 1. The van der Waals surface area contributed by atoms with Crippen molar-refractivity contribution < 1.29 is 17.9 Å². The van der Waals surface area contributed by atoms with Gasteiger partial charge in [0.05, 0.1) is 18.0 Å². The maximum absolute atomic E-state index is 12.6. The van der Waals surface area contributed by atoms with E-state index in [-0.39, 0.29) is 10.8 Å². The first-order chi connectivity index (χ1) is 13.5. The van der Waals surface area contributed by atoms with E-state index in [9.17, 15) is 13.2 Å². The Morgan fingerprint density at radius 1 is 1.07 bits per heavy atom. The summed E-state index contributed by atoms with van der Waals surface area (Å²) in [5.41, 5.74) is 0.695. The van der Waals surface area contributed by atoms with Crippen molar-refractivity contribution in [2.45, 2.75) is 18.4 Å².